The number of aryl methyl sites for hydroxylation is 1. The highest BCUT2D eigenvalue weighted by Crippen LogP contribution is 2.36. The molecule has 0 spiro atoms. The van der Waals surface area contributed by atoms with Crippen molar-refractivity contribution in [1.82, 2.24) is 4.98 Å². The summed E-state index contributed by atoms with van der Waals surface area (Å²) in [5.41, 5.74) is 7.39. The molecule has 0 bridgehead atoms. The van der Waals surface area contributed by atoms with Gasteiger partial charge in [-0.3, -0.25) is 0 Å². The number of hydrogen-bond acceptors (Lipinski definition) is 5. The molecule has 0 unspecified atom stereocenters. The molecule has 2 rings (SSSR count). The van der Waals surface area contributed by atoms with Crippen molar-refractivity contribution in [2.24, 2.45) is 0 Å². The van der Waals surface area contributed by atoms with E-state index in [9.17, 15) is 5.11 Å². The lowest BCUT2D eigenvalue weighted by molar-refractivity contribution is 0.373. The molecule has 16 heavy (non-hydrogen) atoms. The predicted molar refractivity (Wildman–Crippen MR) is 64.9 cm³/mol. The summed E-state index contributed by atoms with van der Waals surface area (Å²) in [6.45, 7) is 1.89. The molecule has 84 valence electrons. The molecule has 3 N–H and O–H groups in total. The quantitative estimate of drug-likeness (QED) is 0.840. The van der Waals surface area contributed by atoms with Gasteiger partial charge in [-0.1, -0.05) is 11.3 Å². The largest absolute Gasteiger partial charge is 0.504 e. The van der Waals surface area contributed by atoms with Gasteiger partial charge in [0, 0.05) is 0 Å². The van der Waals surface area contributed by atoms with Crippen LogP contribution in [0.5, 0.6) is 11.5 Å². The smallest absolute Gasteiger partial charge is 0.180 e. The molecule has 1 aromatic carbocycles. The number of aromatic hydroxyl groups is 1. The molecule has 0 fully saturated rings. The third-order valence-electron chi connectivity index (χ3n) is 2.25. The number of phenolic OH excluding ortho intramolecular Hbond substituents is 1. The number of anilines is 1. The summed E-state index contributed by atoms with van der Waals surface area (Å²) in [6.07, 6.45) is 0. The molecule has 0 aliphatic heterocycles. The van der Waals surface area contributed by atoms with Crippen LogP contribution in [0.25, 0.3) is 10.4 Å². The maximum atomic E-state index is 9.68. The second-order valence-electron chi connectivity index (χ2n) is 3.35. The normalized spacial score (nSPS) is 10.4. The van der Waals surface area contributed by atoms with Crippen molar-refractivity contribution in [3.8, 4) is 21.9 Å². The zero-order valence-electron chi connectivity index (χ0n) is 9.02. The fraction of sp³-hybridized carbons (Fsp3) is 0.182. The Morgan fingerprint density at radius 3 is 2.69 bits per heavy atom. The van der Waals surface area contributed by atoms with Gasteiger partial charge in [0.15, 0.2) is 16.6 Å². The Labute approximate surface area is 97.3 Å². The first-order chi connectivity index (χ1) is 7.61. The van der Waals surface area contributed by atoms with Gasteiger partial charge in [0.2, 0.25) is 0 Å². The van der Waals surface area contributed by atoms with Crippen LogP contribution < -0.4 is 10.5 Å². The Hall–Kier alpha value is -1.75. The van der Waals surface area contributed by atoms with Gasteiger partial charge in [-0.25, -0.2) is 4.98 Å². The lowest BCUT2D eigenvalue weighted by Crippen LogP contribution is -1.84. The molecule has 1 heterocycles. The first-order valence-electron chi connectivity index (χ1n) is 4.72. The molecular formula is C11H12N2O2S. The maximum Gasteiger partial charge on any atom is 0.180 e. The molecule has 0 aliphatic carbocycles. The Kier molecular flexibility index (Phi) is 2.70. The molecule has 0 atom stereocenters. The van der Waals surface area contributed by atoms with E-state index in [1.807, 2.05) is 13.0 Å². The van der Waals surface area contributed by atoms with Crippen LogP contribution in [0.2, 0.25) is 0 Å². The zero-order valence-corrected chi connectivity index (χ0v) is 9.84. The summed E-state index contributed by atoms with van der Waals surface area (Å²) in [5, 5.41) is 10.2. The van der Waals surface area contributed by atoms with Crippen LogP contribution in [-0.4, -0.2) is 17.2 Å². The topological polar surface area (TPSA) is 68.4 Å². The number of aromatic nitrogens is 1. The van der Waals surface area contributed by atoms with E-state index in [2.05, 4.69) is 4.98 Å². The first kappa shape index (κ1) is 10.8. The number of nitrogen functional groups attached to an aromatic ring is 1. The second-order valence-corrected chi connectivity index (χ2v) is 4.38. The van der Waals surface area contributed by atoms with Crippen molar-refractivity contribution in [3.05, 3.63) is 23.9 Å². The Morgan fingerprint density at radius 2 is 2.19 bits per heavy atom. The number of ether oxygens (including phenoxy) is 1. The average Bonchev–Trinajstić information content (AvgIpc) is 2.58. The Bertz CT molecular complexity index is 523. The standard InChI is InChI=1S/C11H12N2O2S/c1-6-10(16-11(12)13-6)7-3-4-9(15-2)8(14)5-7/h3-5,14H,1-2H3,(H2,12,13). The third-order valence-corrected chi connectivity index (χ3v) is 3.29. The van der Waals surface area contributed by atoms with Crippen LogP contribution >= 0.6 is 11.3 Å². The highest BCUT2D eigenvalue weighted by molar-refractivity contribution is 7.18. The summed E-state index contributed by atoms with van der Waals surface area (Å²) in [5.74, 6) is 0.574. The van der Waals surface area contributed by atoms with Gasteiger partial charge < -0.3 is 15.6 Å². The van der Waals surface area contributed by atoms with Crippen LogP contribution in [0, 0.1) is 6.92 Å². The van der Waals surface area contributed by atoms with Crippen molar-refractivity contribution in [3.63, 3.8) is 0 Å². The van der Waals surface area contributed by atoms with E-state index in [-0.39, 0.29) is 5.75 Å². The van der Waals surface area contributed by atoms with Crippen LogP contribution in [0.4, 0.5) is 5.13 Å². The number of phenols is 1. The SMILES string of the molecule is COc1ccc(-c2sc(N)nc2C)cc1O. The highest BCUT2D eigenvalue weighted by Gasteiger charge is 2.10. The molecule has 2 aromatic rings. The molecule has 0 radical (unpaired) electrons. The van der Waals surface area contributed by atoms with Crippen LogP contribution in [0.3, 0.4) is 0 Å². The minimum absolute atomic E-state index is 0.117. The van der Waals surface area contributed by atoms with Crippen LogP contribution in [-0.2, 0) is 0 Å². The lowest BCUT2D eigenvalue weighted by atomic mass is 10.1. The molecule has 0 amide bonds. The van der Waals surface area contributed by atoms with E-state index < -0.39 is 0 Å². The molecule has 0 saturated heterocycles. The fourth-order valence-corrected chi connectivity index (χ4v) is 2.35. The second kappa shape index (κ2) is 4.02. The van der Waals surface area contributed by atoms with Crippen molar-refractivity contribution >= 4 is 16.5 Å². The van der Waals surface area contributed by atoms with Gasteiger partial charge >= 0.3 is 0 Å². The molecule has 1 aromatic heterocycles. The maximum absolute atomic E-state index is 9.68. The summed E-state index contributed by atoms with van der Waals surface area (Å²) in [6, 6.07) is 5.25. The van der Waals surface area contributed by atoms with Crippen molar-refractivity contribution in [1.29, 1.82) is 0 Å². The molecule has 0 aliphatic rings. The van der Waals surface area contributed by atoms with E-state index in [4.69, 9.17) is 10.5 Å². The molecule has 4 nitrogen and oxygen atoms in total. The predicted octanol–water partition coefficient (Wildman–Crippen LogP) is 2.41. The van der Waals surface area contributed by atoms with Crippen LogP contribution in [0.1, 0.15) is 5.69 Å². The Balaban J connectivity index is 2.49. The molecule has 0 saturated carbocycles. The van der Waals surface area contributed by atoms with Gasteiger partial charge in [-0.15, -0.1) is 0 Å². The van der Waals surface area contributed by atoms with E-state index in [1.54, 1.807) is 12.1 Å². The number of hydrogen-bond donors (Lipinski definition) is 2. The highest BCUT2D eigenvalue weighted by atomic mass is 32.1. The summed E-state index contributed by atoms with van der Waals surface area (Å²) >= 11 is 1.40. The van der Waals surface area contributed by atoms with Gasteiger partial charge in [-0.05, 0) is 30.7 Å². The summed E-state index contributed by atoms with van der Waals surface area (Å²) in [7, 11) is 1.52. The van der Waals surface area contributed by atoms with Crippen molar-refractivity contribution < 1.29 is 9.84 Å². The molecule has 5 heteroatoms. The first-order valence-corrected chi connectivity index (χ1v) is 5.53. The fourth-order valence-electron chi connectivity index (χ4n) is 1.52. The lowest BCUT2D eigenvalue weighted by Gasteiger charge is -2.05. The van der Waals surface area contributed by atoms with Gasteiger partial charge in [0.1, 0.15) is 0 Å². The number of methoxy groups -OCH3 is 1. The van der Waals surface area contributed by atoms with Crippen molar-refractivity contribution in [2.75, 3.05) is 12.8 Å². The van der Waals surface area contributed by atoms with E-state index in [0.717, 1.165) is 16.1 Å². The van der Waals surface area contributed by atoms with Crippen LogP contribution in [0.15, 0.2) is 18.2 Å². The monoisotopic (exact) mass is 236 g/mol. The number of nitrogens with two attached hydrogens (primary N) is 1. The number of nitrogens with zero attached hydrogens (tertiary/aromatic N) is 1. The van der Waals surface area contributed by atoms with Gasteiger partial charge in [0.05, 0.1) is 17.7 Å². The van der Waals surface area contributed by atoms with E-state index >= 15 is 0 Å². The number of thiazole rings is 1. The minimum atomic E-state index is 0.117. The average molecular weight is 236 g/mol. The molecular weight excluding hydrogens is 224 g/mol. The number of benzene rings is 1. The summed E-state index contributed by atoms with van der Waals surface area (Å²) in [4.78, 5) is 5.11. The number of rotatable bonds is 2. The minimum Gasteiger partial charge on any atom is -0.504 e. The third kappa shape index (κ3) is 1.81. The van der Waals surface area contributed by atoms with E-state index in [0.29, 0.717) is 10.9 Å². The van der Waals surface area contributed by atoms with Gasteiger partial charge in [-0.2, -0.15) is 0 Å². The van der Waals surface area contributed by atoms with E-state index in [1.165, 1.54) is 18.4 Å². The van der Waals surface area contributed by atoms with Crippen molar-refractivity contribution in [2.45, 2.75) is 6.92 Å². The van der Waals surface area contributed by atoms with Gasteiger partial charge in [0.25, 0.3) is 0 Å². The zero-order chi connectivity index (χ0) is 11.7. The summed E-state index contributed by atoms with van der Waals surface area (Å²) < 4.78 is 4.98. The Morgan fingerprint density at radius 1 is 1.44 bits per heavy atom.